The molecule has 0 atom stereocenters. The molecule has 22 heavy (non-hydrogen) atoms. The fraction of sp³-hybridized carbons (Fsp3) is 0.250. The molecule has 0 unspecified atom stereocenters. The molecule has 0 bridgehead atoms. The molecule has 0 aliphatic carbocycles. The highest BCUT2D eigenvalue weighted by Gasteiger charge is 2.37. The number of hydrogen-bond acceptors (Lipinski definition) is 4. The van der Waals surface area contributed by atoms with Crippen LogP contribution in [-0.4, -0.2) is 22.5 Å². The fourth-order valence-corrected chi connectivity index (χ4v) is 2.55. The third kappa shape index (κ3) is 3.99. The standard InChI is InChI=1S/C12H7Cl6N3O/c1-22-7-4-2-6(3-5-7)8-9(11(13,14)15)19-21-20-10(8)12(16,17)18/h2-5H,1H3. The maximum Gasteiger partial charge on any atom is 0.235 e. The van der Waals surface area contributed by atoms with Gasteiger partial charge in [-0.05, 0) is 22.9 Å². The lowest BCUT2D eigenvalue weighted by atomic mass is 10.0. The molecule has 0 N–H and O–H groups in total. The summed E-state index contributed by atoms with van der Waals surface area (Å²) in [5.41, 5.74) is 0.904. The van der Waals surface area contributed by atoms with Gasteiger partial charge in [0.2, 0.25) is 7.59 Å². The number of hydrogen-bond donors (Lipinski definition) is 0. The molecule has 1 heterocycles. The minimum Gasteiger partial charge on any atom is -0.497 e. The summed E-state index contributed by atoms with van der Waals surface area (Å²) in [5, 5.41) is 11.1. The van der Waals surface area contributed by atoms with Gasteiger partial charge >= 0.3 is 0 Å². The molecule has 0 aliphatic heterocycles. The lowest BCUT2D eigenvalue weighted by Crippen LogP contribution is -2.16. The van der Waals surface area contributed by atoms with Crippen molar-refractivity contribution in [3.8, 4) is 16.9 Å². The second-order valence-corrected chi connectivity index (χ2v) is 8.65. The number of alkyl halides is 6. The van der Waals surface area contributed by atoms with Gasteiger partial charge in [-0.15, -0.1) is 10.2 Å². The molecule has 0 fully saturated rings. The normalized spacial score (nSPS) is 12.3. The Labute approximate surface area is 156 Å². The fourth-order valence-electron chi connectivity index (χ4n) is 1.75. The number of ether oxygens (including phenoxy) is 1. The molecule has 0 spiro atoms. The van der Waals surface area contributed by atoms with Crippen LogP contribution in [0.4, 0.5) is 0 Å². The van der Waals surface area contributed by atoms with Crippen LogP contribution in [0, 0.1) is 0 Å². The van der Waals surface area contributed by atoms with Crippen molar-refractivity contribution in [2.24, 2.45) is 0 Å². The second-order valence-electron chi connectivity index (χ2n) is 4.09. The highest BCUT2D eigenvalue weighted by Crippen LogP contribution is 2.47. The first-order valence-electron chi connectivity index (χ1n) is 5.66. The Morgan fingerprint density at radius 1 is 0.818 bits per heavy atom. The van der Waals surface area contributed by atoms with Gasteiger partial charge in [0.1, 0.15) is 17.1 Å². The molecular weight excluding hydrogens is 415 g/mol. The first-order chi connectivity index (χ1) is 10.1. The van der Waals surface area contributed by atoms with Crippen LogP contribution in [0.3, 0.4) is 0 Å². The van der Waals surface area contributed by atoms with E-state index in [9.17, 15) is 0 Å². The molecule has 2 rings (SSSR count). The van der Waals surface area contributed by atoms with E-state index in [0.29, 0.717) is 11.3 Å². The molecule has 1 aromatic heterocycles. The van der Waals surface area contributed by atoms with Gasteiger partial charge < -0.3 is 4.74 Å². The highest BCUT2D eigenvalue weighted by atomic mass is 35.6. The Kier molecular flexibility index (Phi) is 5.53. The summed E-state index contributed by atoms with van der Waals surface area (Å²) in [4.78, 5) is 0. The van der Waals surface area contributed by atoms with Gasteiger partial charge in [-0.25, -0.2) is 0 Å². The van der Waals surface area contributed by atoms with Crippen LogP contribution in [-0.2, 0) is 7.59 Å². The van der Waals surface area contributed by atoms with Crippen molar-refractivity contribution < 1.29 is 4.74 Å². The SMILES string of the molecule is COc1ccc(-c2c(C(Cl)(Cl)Cl)nnnc2C(Cl)(Cl)Cl)cc1. The largest absolute Gasteiger partial charge is 0.497 e. The van der Waals surface area contributed by atoms with E-state index < -0.39 is 7.59 Å². The van der Waals surface area contributed by atoms with Crippen molar-refractivity contribution >= 4 is 69.6 Å². The average molecular weight is 422 g/mol. The number of aromatic nitrogens is 3. The zero-order valence-corrected chi connectivity index (χ0v) is 15.4. The van der Waals surface area contributed by atoms with Crippen LogP contribution in [0.15, 0.2) is 24.3 Å². The van der Waals surface area contributed by atoms with E-state index in [1.54, 1.807) is 31.4 Å². The van der Waals surface area contributed by atoms with Gasteiger partial charge in [0.15, 0.2) is 0 Å². The van der Waals surface area contributed by atoms with Crippen molar-refractivity contribution in [1.29, 1.82) is 0 Å². The summed E-state index contributed by atoms with van der Waals surface area (Å²) in [6.45, 7) is 0. The minimum atomic E-state index is -1.87. The summed E-state index contributed by atoms with van der Waals surface area (Å²) in [7, 11) is 1.55. The minimum absolute atomic E-state index is 0.0130. The highest BCUT2D eigenvalue weighted by molar-refractivity contribution is 6.68. The lowest BCUT2D eigenvalue weighted by Gasteiger charge is -2.20. The molecular formula is C12H7Cl6N3O. The van der Waals surface area contributed by atoms with Crippen LogP contribution >= 0.6 is 69.6 Å². The number of methoxy groups -OCH3 is 1. The number of nitrogens with zero attached hydrogens (tertiary/aromatic N) is 3. The van der Waals surface area contributed by atoms with E-state index >= 15 is 0 Å². The maximum absolute atomic E-state index is 5.94. The third-order valence-corrected chi connectivity index (χ3v) is 3.75. The van der Waals surface area contributed by atoms with Gasteiger partial charge in [0.25, 0.3) is 0 Å². The molecule has 118 valence electrons. The smallest absolute Gasteiger partial charge is 0.235 e. The monoisotopic (exact) mass is 419 g/mol. The van der Waals surface area contributed by atoms with E-state index in [1.807, 2.05) is 0 Å². The first kappa shape index (κ1) is 18.1. The lowest BCUT2D eigenvalue weighted by molar-refractivity contribution is 0.415. The van der Waals surface area contributed by atoms with E-state index in [0.717, 1.165) is 0 Å². The Morgan fingerprint density at radius 3 is 1.64 bits per heavy atom. The molecule has 0 saturated heterocycles. The molecule has 10 heteroatoms. The number of rotatable bonds is 2. The van der Waals surface area contributed by atoms with Crippen LogP contribution in [0.5, 0.6) is 5.75 Å². The van der Waals surface area contributed by atoms with Crippen molar-refractivity contribution in [3.63, 3.8) is 0 Å². The maximum atomic E-state index is 5.94. The van der Waals surface area contributed by atoms with E-state index in [2.05, 4.69) is 15.4 Å². The Bertz CT molecular complexity index is 634. The topological polar surface area (TPSA) is 47.9 Å². The summed E-state index contributed by atoms with van der Waals surface area (Å²) in [5.74, 6) is 0.643. The summed E-state index contributed by atoms with van der Waals surface area (Å²) >= 11 is 35.6. The first-order valence-corrected chi connectivity index (χ1v) is 7.93. The third-order valence-electron chi connectivity index (χ3n) is 2.68. The van der Waals surface area contributed by atoms with Crippen LogP contribution in [0.25, 0.3) is 11.1 Å². The van der Waals surface area contributed by atoms with Crippen molar-refractivity contribution in [2.45, 2.75) is 7.59 Å². The Hall–Kier alpha value is -0.230. The van der Waals surface area contributed by atoms with Crippen molar-refractivity contribution in [3.05, 3.63) is 35.7 Å². The summed E-state index contributed by atoms with van der Waals surface area (Å²) in [6.07, 6.45) is 0. The molecule has 0 aliphatic rings. The Balaban J connectivity index is 2.74. The molecule has 1 aromatic carbocycles. The van der Waals surface area contributed by atoms with E-state index in [-0.39, 0.29) is 17.0 Å². The van der Waals surface area contributed by atoms with E-state index in [4.69, 9.17) is 74.3 Å². The van der Waals surface area contributed by atoms with Gasteiger partial charge in [0.05, 0.1) is 7.11 Å². The van der Waals surface area contributed by atoms with Crippen LogP contribution < -0.4 is 4.74 Å². The Morgan fingerprint density at radius 2 is 1.27 bits per heavy atom. The quantitative estimate of drug-likeness (QED) is 0.625. The van der Waals surface area contributed by atoms with Gasteiger partial charge in [0, 0.05) is 5.56 Å². The molecule has 0 radical (unpaired) electrons. The van der Waals surface area contributed by atoms with E-state index in [1.165, 1.54) is 0 Å². The van der Waals surface area contributed by atoms with Gasteiger partial charge in [-0.3, -0.25) is 0 Å². The molecule has 4 nitrogen and oxygen atoms in total. The summed E-state index contributed by atoms with van der Waals surface area (Å²) in [6, 6.07) is 6.83. The number of benzene rings is 1. The van der Waals surface area contributed by atoms with Crippen molar-refractivity contribution in [1.82, 2.24) is 15.4 Å². The zero-order valence-electron chi connectivity index (χ0n) is 10.8. The predicted molar refractivity (Wildman–Crippen MR) is 90.3 cm³/mol. The molecule has 2 aromatic rings. The zero-order chi connectivity index (χ0) is 16.5. The van der Waals surface area contributed by atoms with Crippen LogP contribution in [0.2, 0.25) is 0 Å². The summed E-state index contributed by atoms with van der Waals surface area (Å²) < 4.78 is 1.37. The van der Waals surface area contributed by atoms with Gasteiger partial charge in [-0.2, -0.15) is 0 Å². The average Bonchev–Trinajstić information content (AvgIpc) is 2.45. The second kappa shape index (κ2) is 6.71. The van der Waals surface area contributed by atoms with Crippen LogP contribution in [0.1, 0.15) is 11.4 Å². The molecule has 0 amide bonds. The number of halogens is 6. The molecule has 0 saturated carbocycles. The van der Waals surface area contributed by atoms with Crippen molar-refractivity contribution in [2.75, 3.05) is 7.11 Å². The van der Waals surface area contributed by atoms with Gasteiger partial charge in [-0.1, -0.05) is 81.7 Å². The predicted octanol–water partition coefficient (Wildman–Crippen LogP) is 5.20.